The Bertz CT molecular complexity index is 797. The Morgan fingerprint density at radius 3 is 2.57 bits per heavy atom. The largest absolute Gasteiger partial charge is 0.508 e. The number of phenolic OH excluding ortho intramolecular Hbond substituents is 1. The van der Waals surface area contributed by atoms with E-state index in [1.54, 1.807) is 35.2 Å². The number of anilines is 1. The van der Waals surface area contributed by atoms with E-state index in [2.05, 4.69) is 6.92 Å². The highest BCUT2D eigenvalue weighted by Crippen LogP contribution is 2.37. The number of hydrogen-bond acceptors (Lipinski definition) is 4. The third kappa shape index (κ3) is 3.16. The number of carbonyl (C=O) groups excluding carboxylic acids is 1. The molecule has 1 heterocycles. The molecule has 3 nitrogen and oxygen atoms in total. The van der Waals surface area contributed by atoms with Gasteiger partial charge in [-0.3, -0.25) is 9.69 Å². The van der Waals surface area contributed by atoms with E-state index >= 15 is 0 Å². The quantitative estimate of drug-likeness (QED) is 0.665. The molecule has 3 rings (SSSR count). The van der Waals surface area contributed by atoms with Crippen LogP contribution in [0.25, 0.3) is 6.08 Å². The number of aromatic hydroxyl groups is 1. The number of para-hydroxylation sites is 1. The topological polar surface area (TPSA) is 40.5 Å². The Morgan fingerprint density at radius 2 is 1.87 bits per heavy atom. The van der Waals surface area contributed by atoms with E-state index in [1.807, 2.05) is 24.3 Å². The molecule has 0 saturated carbocycles. The molecular weight excluding hydrogens is 326 g/mol. The van der Waals surface area contributed by atoms with Gasteiger partial charge in [0.15, 0.2) is 4.32 Å². The van der Waals surface area contributed by atoms with Crippen LogP contribution in [0, 0.1) is 0 Å². The third-order valence-corrected chi connectivity index (χ3v) is 4.90. The maximum atomic E-state index is 12.8. The van der Waals surface area contributed by atoms with Gasteiger partial charge in [0, 0.05) is 0 Å². The van der Waals surface area contributed by atoms with Crippen molar-refractivity contribution in [3.05, 3.63) is 64.6 Å². The molecule has 0 radical (unpaired) electrons. The first-order chi connectivity index (χ1) is 11.1. The van der Waals surface area contributed by atoms with E-state index in [-0.39, 0.29) is 11.7 Å². The van der Waals surface area contributed by atoms with Gasteiger partial charge in [0.05, 0.1) is 10.6 Å². The van der Waals surface area contributed by atoms with Gasteiger partial charge in [0.1, 0.15) is 5.75 Å². The number of aryl methyl sites for hydroxylation is 1. The minimum Gasteiger partial charge on any atom is -0.508 e. The first-order valence-corrected chi connectivity index (χ1v) is 8.47. The molecule has 5 heteroatoms. The molecule has 2 aromatic carbocycles. The molecule has 0 aromatic heterocycles. The summed E-state index contributed by atoms with van der Waals surface area (Å²) in [6.45, 7) is 2.06. The summed E-state index contributed by atoms with van der Waals surface area (Å²) >= 11 is 6.71. The summed E-state index contributed by atoms with van der Waals surface area (Å²) in [5.41, 5.74) is 2.80. The lowest BCUT2D eigenvalue weighted by molar-refractivity contribution is -0.113. The zero-order valence-corrected chi connectivity index (χ0v) is 14.2. The van der Waals surface area contributed by atoms with Crippen LogP contribution in [0.4, 0.5) is 5.69 Å². The summed E-state index contributed by atoms with van der Waals surface area (Å²) in [6, 6.07) is 14.5. The highest BCUT2D eigenvalue weighted by Gasteiger charge is 2.34. The SMILES string of the molecule is CCc1ccccc1N1C(=O)/C(=C/c2ccc(O)cc2)SC1=S. The van der Waals surface area contributed by atoms with Crippen LogP contribution in [-0.2, 0) is 11.2 Å². The van der Waals surface area contributed by atoms with Gasteiger partial charge in [-0.25, -0.2) is 0 Å². The van der Waals surface area contributed by atoms with Gasteiger partial charge < -0.3 is 5.11 Å². The number of amides is 1. The van der Waals surface area contributed by atoms with Crippen molar-refractivity contribution < 1.29 is 9.90 Å². The van der Waals surface area contributed by atoms with Crippen LogP contribution in [0.5, 0.6) is 5.75 Å². The number of nitrogens with zero attached hydrogens (tertiary/aromatic N) is 1. The molecule has 0 bridgehead atoms. The molecule has 0 aliphatic carbocycles. The van der Waals surface area contributed by atoms with Crippen molar-refractivity contribution in [2.75, 3.05) is 4.90 Å². The Labute approximate surface area is 144 Å². The van der Waals surface area contributed by atoms with Crippen molar-refractivity contribution in [2.24, 2.45) is 0 Å². The molecule has 0 unspecified atom stereocenters. The number of thioether (sulfide) groups is 1. The zero-order valence-electron chi connectivity index (χ0n) is 12.5. The Balaban J connectivity index is 1.95. The standard InChI is InChI=1S/C18H15NO2S2/c1-2-13-5-3-4-6-15(13)19-17(21)16(23-18(19)22)11-12-7-9-14(20)10-8-12/h3-11,20H,2H2,1H3/b16-11-. The lowest BCUT2D eigenvalue weighted by atomic mass is 10.1. The maximum Gasteiger partial charge on any atom is 0.270 e. The van der Waals surface area contributed by atoms with E-state index in [0.29, 0.717) is 9.23 Å². The minimum absolute atomic E-state index is 0.103. The van der Waals surface area contributed by atoms with Crippen LogP contribution in [0.1, 0.15) is 18.1 Å². The van der Waals surface area contributed by atoms with Crippen molar-refractivity contribution in [1.82, 2.24) is 0 Å². The average molecular weight is 341 g/mol. The minimum atomic E-state index is -0.103. The monoisotopic (exact) mass is 341 g/mol. The summed E-state index contributed by atoms with van der Waals surface area (Å²) in [4.78, 5) is 14.9. The van der Waals surface area contributed by atoms with Crippen LogP contribution in [0.2, 0.25) is 0 Å². The second-order valence-electron chi connectivity index (χ2n) is 5.09. The number of thiocarbonyl (C=S) groups is 1. The highest BCUT2D eigenvalue weighted by atomic mass is 32.2. The van der Waals surface area contributed by atoms with Crippen molar-refractivity contribution in [3.63, 3.8) is 0 Å². The summed E-state index contributed by atoms with van der Waals surface area (Å²) in [6.07, 6.45) is 2.64. The van der Waals surface area contributed by atoms with E-state index in [1.165, 1.54) is 11.8 Å². The predicted octanol–water partition coefficient (Wildman–Crippen LogP) is 4.36. The van der Waals surface area contributed by atoms with Gasteiger partial charge in [-0.05, 0) is 41.8 Å². The molecule has 23 heavy (non-hydrogen) atoms. The summed E-state index contributed by atoms with van der Waals surface area (Å²) < 4.78 is 0.543. The van der Waals surface area contributed by atoms with Crippen LogP contribution in [0.3, 0.4) is 0 Å². The molecule has 0 spiro atoms. The van der Waals surface area contributed by atoms with E-state index < -0.39 is 0 Å². The van der Waals surface area contributed by atoms with Crippen molar-refractivity contribution in [2.45, 2.75) is 13.3 Å². The number of phenols is 1. The van der Waals surface area contributed by atoms with Gasteiger partial charge in [-0.15, -0.1) is 0 Å². The molecule has 2 aromatic rings. The van der Waals surface area contributed by atoms with Gasteiger partial charge >= 0.3 is 0 Å². The fraction of sp³-hybridized carbons (Fsp3) is 0.111. The third-order valence-electron chi connectivity index (χ3n) is 3.60. The lowest BCUT2D eigenvalue weighted by Crippen LogP contribution is -2.28. The first kappa shape index (κ1) is 15.8. The van der Waals surface area contributed by atoms with Gasteiger partial charge in [0.2, 0.25) is 0 Å². The van der Waals surface area contributed by atoms with E-state index in [4.69, 9.17) is 12.2 Å². The van der Waals surface area contributed by atoms with Crippen molar-refractivity contribution >= 4 is 46.0 Å². The average Bonchev–Trinajstić information content (AvgIpc) is 2.83. The number of hydrogen-bond donors (Lipinski definition) is 1. The second kappa shape index (κ2) is 6.56. The van der Waals surface area contributed by atoms with Gasteiger partial charge in [-0.2, -0.15) is 0 Å². The van der Waals surface area contributed by atoms with Crippen molar-refractivity contribution in [3.8, 4) is 5.75 Å². The Hall–Kier alpha value is -2.11. The zero-order chi connectivity index (χ0) is 16.4. The molecule has 1 fully saturated rings. The van der Waals surface area contributed by atoms with Gasteiger partial charge in [-0.1, -0.05) is 61.2 Å². The summed E-state index contributed by atoms with van der Waals surface area (Å²) in [7, 11) is 0. The lowest BCUT2D eigenvalue weighted by Gasteiger charge is -2.18. The number of carbonyl (C=O) groups is 1. The molecule has 0 atom stereocenters. The Kier molecular flexibility index (Phi) is 4.50. The van der Waals surface area contributed by atoms with Crippen LogP contribution in [-0.4, -0.2) is 15.3 Å². The summed E-state index contributed by atoms with van der Waals surface area (Å²) in [5, 5.41) is 9.34. The van der Waals surface area contributed by atoms with Crippen LogP contribution >= 0.6 is 24.0 Å². The first-order valence-electron chi connectivity index (χ1n) is 7.25. The fourth-order valence-electron chi connectivity index (χ4n) is 2.43. The fourth-order valence-corrected chi connectivity index (χ4v) is 3.71. The molecule has 1 amide bonds. The Morgan fingerprint density at radius 1 is 1.17 bits per heavy atom. The van der Waals surface area contributed by atoms with Crippen molar-refractivity contribution in [1.29, 1.82) is 0 Å². The second-order valence-corrected chi connectivity index (χ2v) is 6.77. The summed E-state index contributed by atoms with van der Waals surface area (Å²) in [5.74, 6) is 0.0977. The van der Waals surface area contributed by atoms with Crippen LogP contribution < -0.4 is 4.90 Å². The number of rotatable bonds is 3. The molecule has 1 saturated heterocycles. The normalized spacial score (nSPS) is 16.4. The van der Waals surface area contributed by atoms with E-state index in [9.17, 15) is 9.90 Å². The van der Waals surface area contributed by atoms with Crippen LogP contribution in [0.15, 0.2) is 53.4 Å². The molecule has 1 aliphatic rings. The van der Waals surface area contributed by atoms with E-state index in [0.717, 1.165) is 23.2 Å². The molecule has 116 valence electrons. The molecule has 1 aliphatic heterocycles. The smallest absolute Gasteiger partial charge is 0.270 e. The highest BCUT2D eigenvalue weighted by molar-refractivity contribution is 8.27. The molecule has 1 N–H and O–H groups in total. The maximum absolute atomic E-state index is 12.8. The number of benzene rings is 2. The molecular formula is C18H15NO2S2. The van der Waals surface area contributed by atoms with Gasteiger partial charge in [0.25, 0.3) is 5.91 Å². The predicted molar refractivity (Wildman–Crippen MR) is 99.6 cm³/mol.